The Morgan fingerprint density at radius 1 is 1.29 bits per heavy atom. The maximum atomic E-state index is 9.18. The van der Waals surface area contributed by atoms with Crippen LogP contribution < -0.4 is 5.32 Å². The lowest BCUT2D eigenvalue weighted by molar-refractivity contribution is 0.0579. The van der Waals surface area contributed by atoms with Crippen molar-refractivity contribution in [3.63, 3.8) is 0 Å². The molecule has 2 rings (SSSR count). The van der Waals surface area contributed by atoms with Gasteiger partial charge in [0.15, 0.2) is 0 Å². The Morgan fingerprint density at radius 2 is 2.00 bits per heavy atom. The molecule has 0 bridgehead atoms. The lowest BCUT2D eigenvalue weighted by Gasteiger charge is -2.34. The van der Waals surface area contributed by atoms with Gasteiger partial charge in [0, 0.05) is 24.7 Å². The summed E-state index contributed by atoms with van der Waals surface area (Å²) in [6.45, 7) is 6.93. The van der Waals surface area contributed by atoms with Crippen LogP contribution in [0.25, 0.3) is 0 Å². The molecule has 0 aromatic rings. The molecule has 0 aromatic heterocycles. The van der Waals surface area contributed by atoms with E-state index in [1.165, 1.54) is 19.5 Å². The molecule has 1 saturated carbocycles. The highest BCUT2D eigenvalue weighted by atomic mass is 16.3. The van der Waals surface area contributed by atoms with Crippen LogP contribution in [0.2, 0.25) is 0 Å². The maximum Gasteiger partial charge on any atom is 0.0570 e. The fourth-order valence-corrected chi connectivity index (χ4v) is 2.45. The molecule has 0 amide bonds. The van der Waals surface area contributed by atoms with E-state index in [0.29, 0.717) is 18.1 Å². The molecule has 1 unspecified atom stereocenters. The minimum Gasteiger partial charge on any atom is -0.393 e. The van der Waals surface area contributed by atoms with E-state index in [1.54, 1.807) is 0 Å². The van der Waals surface area contributed by atoms with Gasteiger partial charge in [0.1, 0.15) is 0 Å². The van der Waals surface area contributed by atoms with Gasteiger partial charge in [-0.2, -0.15) is 0 Å². The first kappa shape index (κ1) is 10.4. The largest absolute Gasteiger partial charge is 0.393 e. The predicted octanol–water partition coefficient (Wildman–Crippen LogP) is 0.582. The molecule has 1 aliphatic carbocycles. The van der Waals surface area contributed by atoms with Crippen LogP contribution in [0.4, 0.5) is 0 Å². The SMILES string of the molecule is CC(C)N1CCC(NC2CC(O)C2)C1. The number of nitrogens with zero attached hydrogens (tertiary/aromatic N) is 1. The number of hydrogen-bond donors (Lipinski definition) is 2. The van der Waals surface area contributed by atoms with Crippen LogP contribution >= 0.6 is 0 Å². The normalized spacial score (nSPS) is 39.0. The van der Waals surface area contributed by atoms with Crippen LogP contribution in [-0.4, -0.2) is 47.3 Å². The summed E-state index contributed by atoms with van der Waals surface area (Å²) in [5.41, 5.74) is 0. The molecule has 1 heterocycles. The van der Waals surface area contributed by atoms with E-state index in [0.717, 1.165) is 12.8 Å². The Bertz CT molecular complexity index is 190. The minimum atomic E-state index is -0.0323. The van der Waals surface area contributed by atoms with Crippen molar-refractivity contribution in [1.82, 2.24) is 10.2 Å². The molecule has 0 radical (unpaired) electrons. The molecule has 14 heavy (non-hydrogen) atoms. The van der Waals surface area contributed by atoms with Gasteiger partial charge in [0.2, 0.25) is 0 Å². The third kappa shape index (κ3) is 2.27. The van der Waals surface area contributed by atoms with E-state index in [-0.39, 0.29) is 6.10 Å². The number of aliphatic hydroxyl groups is 1. The Labute approximate surface area is 86.5 Å². The molecule has 2 N–H and O–H groups in total. The van der Waals surface area contributed by atoms with E-state index < -0.39 is 0 Å². The third-order valence-electron chi connectivity index (χ3n) is 3.53. The van der Waals surface area contributed by atoms with Crippen molar-refractivity contribution in [3.05, 3.63) is 0 Å². The van der Waals surface area contributed by atoms with Crippen molar-refractivity contribution in [1.29, 1.82) is 0 Å². The highest BCUT2D eigenvalue weighted by Crippen LogP contribution is 2.22. The average molecular weight is 198 g/mol. The lowest BCUT2D eigenvalue weighted by Crippen LogP contribution is -2.49. The molecular weight excluding hydrogens is 176 g/mol. The second-order valence-electron chi connectivity index (χ2n) is 5.06. The van der Waals surface area contributed by atoms with Gasteiger partial charge in [0.25, 0.3) is 0 Å². The van der Waals surface area contributed by atoms with Crippen molar-refractivity contribution in [3.8, 4) is 0 Å². The minimum absolute atomic E-state index is 0.0323. The Hall–Kier alpha value is -0.120. The molecule has 82 valence electrons. The Morgan fingerprint density at radius 3 is 2.50 bits per heavy atom. The first-order valence-electron chi connectivity index (χ1n) is 5.83. The van der Waals surface area contributed by atoms with Crippen LogP contribution in [0.1, 0.15) is 33.1 Å². The van der Waals surface area contributed by atoms with Gasteiger partial charge >= 0.3 is 0 Å². The standard InChI is InChI=1S/C11H22N2O/c1-8(2)13-4-3-9(7-13)12-10-5-11(14)6-10/h8-12,14H,3-7H2,1-2H3. The Balaban J connectivity index is 1.69. The van der Waals surface area contributed by atoms with Crippen LogP contribution in [0.5, 0.6) is 0 Å². The molecule has 0 aromatic carbocycles. The van der Waals surface area contributed by atoms with Crippen LogP contribution in [0, 0.1) is 0 Å². The summed E-state index contributed by atoms with van der Waals surface area (Å²) < 4.78 is 0. The first-order valence-corrected chi connectivity index (χ1v) is 5.83. The van der Waals surface area contributed by atoms with Gasteiger partial charge in [-0.25, -0.2) is 0 Å². The summed E-state index contributed by atoms with van der Waals surface area (Å²) in [5, 5.41) is 12.8. The quantitative estimate of drug-likeness (QED) is 0.696. The summed E-state index contributed by atoms with van der Waals surface area (Å²) >= 11 is 0. The summed E-state index contributed by atoms with van der Waals surface area (Å²) in [7, 11) is 0. The zero-order valence-electron chi connectivity index (χ0n) is 9.24. The van der Waals surface area contributed by atoms with Gasteiger partial charge in [-0.05, 0) is 39.7 Å². The molecule has 1 aliphatic heterocycles. The van der Waals surface area contributed by atoms with E-state index in [4.69, 9.17) is 0 Å². The molecule has 0 spiro atoms. The fourth-order valence-electron chi connectivity index (χ4n) is 2.45. The second kappa shape index (κ2) is 4.17. The fraction of sp³-hybridized carbons (Fsp3) is 1.00. The summed E-state index contributed by atoms with van der Waals surface area (Å²) in [6.07, 6.45) is 3.15. The Kier molecular flexibility index (Phi) is 3.10. The summed E-state index contributed by atoms with van der Waals surface area (Å²) in [4.78, 5) is 2.52. The van der Waals surface area contributed by atoms with Crippen molar-refractivity contribution >= 4 is 0 Å². The van der Waals surface area contributed by atoms with E-state index in [1.807, 2.05) is 0 Å². The van der Waals surface area contributed by atoms with Gasteiger partial charge in [-0.1, -0.05) is 0 Å². The second-order valence-corrected chi connectivity index (χ2v) is 5.06. The van der Waals surface area contributed by atoms with Gasteiger partial charge < -0.3 is 10.4 Å². The third-order valence-corrected chi connectivity index (χ3v) is 3.53. The molecule has 2 fully saturated rings. The summed E-state index contributed by atoms with van der Waals surface area (Å²) in [6, 6.07) is 1.92. The van der Waals surface area contributed by atoms with E-state index in [9.17, 15) is 5.11 Å². The van der Waals surface area contributed by atoms with Crippen molar-refractivity contribution in [2.24, 2.45) is 0 Å². The average Bonchev–Trinajstić information content (AvgIpc) is 2.50. The molecule has 3 heteroatoms. The zero-order valence-corrected chi connectivity index (χ0v) is 9.24. The van der Waals surface area contributed by atoms with Crippen LogP contribution in [-0.2, 0) is 0 Å². The van der Waals surface area contributed by atoms with Gasteiger partial charge in [-0.15, -0.1) is 0 Å². The van der Waals surface area contributed by atoms with Crippen molar-refractivity contribution in [2.75, 3.05) is 13.1 Å². The highest BCUT2D eigenvalue weighted by molar-refractivity contribution is 4.91. The number of likely N-dealkylation sites (tertiary alicyclic amines) is 1. The monoisotopic (exact) mass is 198 g/mol. The molecular formula is C11H22N2O. The van der Waals surface area contributed by atoms with Crippen LogP contribution in [0.15, 0.2) is 0 Å². The summed E-state index contributed by atoms with van der Waals surface area (Å²) in [5.74, 6) is 0. The molecule has 1 atom stereocenters. The van der Waals surface area contributed by atoms with Crippen molar-refractivity contribution in [2.45, 2.75) is 57.3 Å². The molecule has 3 nitrogen and oxygen atoms in total. The van der Waals surface area contributed by atoms with E-state index >= 15 is 0 Å². The van der Waals surface area contributed by atoms with Crippen molar-refractivity contribution < 1.29 is 5.11 Å². The molecule has 1 saturated heterocycles. The van der Waals surface area contributed by atoms with Gasteiger partial charge in [0.05, 0.1) is 6.10 Å². The zero-order chi connectivity index (χ0) is 10.1. The number of aliphatic hydroxyl groups excluding tert-OH is 1. The number of rotatable bonds is 3. The highest BCUT2D eigenvalue weighted by Gasteiger charge is 2.31. The predicted molar refractivity (Wildman–Crippen MR) is 57.3 cm³/mol. The maximum absolute atomic E-state index is 9.18. The first-order chi connectivity index (χ1) is 6.65. The van der Waals surface area contributed by atoms with Crippen LogP contribution in [0.3, 0.4) is 0 Å². The topological polar surface area (TPSA) is 35.5 Å². The van der Waals surface area contributed by atoms with Gasteiger partial charge in [-0.3, -0.25) is 4.90 Å². The lowest BCUT2D eigenvalue weighted by atomic mass is 9.89. The molecule has 2 aliphatic rings. The van der Waals surface area contributed by atoms with E-state index in [2.05, 4.69) is 24.1 Å². The number of nitrogens with one attached hydrogen (secondary N) is 1. The smallest absolute Gasteiger partial charge is 0.0570 e. The number of hydrogen-bond acceptors (Lipinski definition) is 3.